The van der Waals surface area contributed by atoms with Gasteiger partial charge in [-0.1, -0.05) is 5.57 Å². The van der Waals surface area contributed by atoms with E-state index in [1.165, 1.54) is 13.2 Å². The van der Waals surface area contributed by atoms with E-state index in [-0.39, 0.29) is 12.5 Å². The van der Waals surface area contributed by atoms with Crippen molar-refractivity contribution in [3.63, 3.8) is 0 Å². The van der Waals surface area contributed by atoms with Crippen LogP contribution in [0.25, 0.3) is 0 Å². The second-order valence-corrected chi connectivity index (χ2v) is 4.92. The van der Waals surface area contributed by atoms with Crippen LogP contribution in [0.2, 0.25) is 0 Å². The van der Waals surface area contributed by atoms with Gasteiger partial charge >= 0.3 is 5.97 Å². The van der Waals surface area contributed by atoms with E-state index in [1.807, 2.05) is 19.9 Å². The highest BCUT2D eigenvalue weighted by atomic mass is 16.5. The lowest BCUT2D eigenvalue weighted by Gasteiger charge is -2.11. The molecule has 0 atom stereocenters. The van der Waals surface area contributed by atoms with Gasteiger partial charge in [0, 0.05) is 6.21 Å². The number of rotatable bonds is 7. The van der Waals surface area contributed by atoms with Gasteiger partial charge in [-0.3, -0.25) is 9.79 Å². The largest absolute Gasteiger partial charge is 0.495 e. The van der Waals surface area contributed by atoms with E-state index < -0.39 is 5.97 Å². The van der Waals surface area contributed by atoms with Gasteiger partial charge in [0.1, 0.15) is 12.3 Å². The summed E-state index contributed by atoms with van der Waals surface area (Å²) in [7, 11) is 1.47. The monoisotopic (exact) mass is 318 g/mol. The lowest BCUT2D eigenvalue weighted by molar-refractivity contribution is -0.114. The Labute approximate surface area is 136 Å². The summed E-state index contributed by atoms with van der Waals surface area (Å²) in [6.07, 6.45) is 3.41. The number of aliphatic imine (C=N–C) groups is 1. The molecule has 23 heavy (non-hydrogen) atoms. The van der Waals surface area contributed by atoms with Crippen molar-refractivity contribution >= 4 is 23.8 Å². The average Bonchev–Trinajstić information content (AvgIpc) is 2.52. The van der Waals surface area contributed by atoms with Gasteiger partial charge in [0.05, 0.1) is 25.0 Å². The molecule has 0 spiro atoms. The molecule has 0 bridgehead atoms. The molecule has 1 amide bonds. The number of hydrogen-bond acceptors (Lipinski definition) is 5. The zero-order valence-electron chi connectivity index (χ0n) is 13.9. The number of carbonyl (C=O) groups excluding carboxylic acids is 2. The van der Waals surface area contributed by atoms with Crippen LogP contribution >= 0.6 is 0 Å². The van der Waals surface area contributed by atoms with Crippen molar-refractivity contribution in [3.05, 3.63) is 35.4 Å². The fraction of sp³-hybridized carbons (Fsp3) is 0.353. The summed E-state index contributed by atoms with van der Waals surface area (Å²) in [4.78, 5) is 27.5. The van der Waals surface area contributed by atoms with Crippen molar-refractivity contribution in [1.82, 2.24) is 0 Å². The Hall–Kier alpha value is -2.63. The highest BCUT2D eigenvalue weighted by Crippen LogP contribution is 2.25. The molecule has 0 aliphatic rings. The SMILES string of the molecule is CCOC(=O)c1ccc(NC(=O)CN=CC=C(C)C)c(OC)c1. The third-order valence-corrected chi connectivity index (χ3v) is 2.73. The number of anilines is 1. The fourth-order valence-electron chi connectivity index (χ4n) is 1.66. The summed E-state index contributed by atoms with van der Waals surface area (Å²) in [6, 6.07) is 4.70. The molecule has 0 aromatic heterocycles. The maximum atomic E-state index is 11.9. The number of ether oxygens (including phenoxy) is 2. The summed E-state index contributed by atoms with van der Waals surface area (Å²) in [5.74, 6) is -0.322. The molecule has 0 saturated carbocycles. The lowest BCUT2D eigenvalue weighted by Crippen LogP contribution is -2.16. The molecule has 0 saturated heterocycles. The van der Waals surface area contributed by atoms with Crippen LogP contribution in [0.15, 0.2) is 34.8 Å². The quantitative estimate of drug-likeness (QED) is 0.619. The third-order valence-electron chi connectivity index (χ3n) is 2.73. The first-order valence-electron chi connectivity index (χ1n) is 7.26. The summed E-state index contributed by atoms with van der Waals surface area (Å²) in [5, 5.41) is 2.70. The van der Waals surface area contributed by atoms with Crippen LogP contribution in [-0.2, 0) is 9.53 Å². The molecule has 1 N–H and O–H groups in total. The molecule has 124 valence electrons. The molecule has 0 aliphatic heterocycles. The number of nitrogens with zero attached hydrogens (tertiary/aromatic N) is 1. The van der Waals surface area contributed by atoms with E-state index in [1.54, 1.807) is 25.3 Å². The van der Waals surface area contributed by atoms with Gasteiger partial charge in [-0.2, -0.15) is 0 Å². The van der Waals surface area contributed by atoms with E-state index in [0.29, 0.717) is 23.6 Å². The summed E-state index contributed by atoms with van der Waals surface area (Å²) in [5.41, 5.74) is 1.94. The van der Waals surface area contributed by atoms with Gasteiger partial charge in [0.15, 0.2) is 0 Å². The van der Waals surface area contributed by atoms with Crippen LogP contribution in [0.3, 0.4) is 0 Å². The summed E-state index contributed by atoms with van der Waals surface area (Å²) >= 11 is 0. The third kappa shape index (κ3) is 6.34. The van der Waals surface area contributed by atoms with Gasteiger partial charge in [0.2, 0.25) is 5.91 Å². The molecule has 6 heteroatoms. The molecule has 0 aliphatic carbocycles. The Morgan fingerprint density at radius 2 is 2.04 bits per heavy atom. The van der Waals surface area contributed by atoms with E-state index >= 15 is 0 Å². The van der Waals surface area contributed by atoms with Gasteiger partial charge in [-0.15, -0.1) is 0 Å². The van der Waals surface area contributed by atoms with Gasteiger partial charge < -0.3 is 14.8 Å². The molecule has 6 nitrogen and oxygen atoms in total. The van der Waals surface area contributed by atoms with Crippen molar-refractivity contribution < 1.29 is 19.1 Å². The highest BCUT2D eigenvalue weighted by Gasteiger charge is 2.12. The summed E-state index contributed by atoms with van der Waals surface area (Å²) < 4.78 is 10.1. The Balaban J connectivity index is 2.76. The second kappa shape index (κ2) is 9.40. The molecule has 0 radical (unpaired) electrons. The molecule has 0 heterocycles. The standard InChI is InChI=1S/C17H22N2O4/c1-5-23-17(21)13-6-7-14(15(10-13)22-4)19-16(20)11-18-9-8-12(2)3/h6-10H,5,11H2,1-4H3,(H,19,20). The number of amides is 1. The van der Waals surface area contributed by atoms with Crippen LogP contribution in [0.4, 0.5) is 5.69 Å². The fourth-order valence-corrected chi connectivity index (χ4v) is 1.66. The van der Waals surface area contributed by atoms with Crippen LogP contribution in [0.5, 0.6) is 5.75 Å². The van der Waals surface area contributed by atoms with Crippen LogP contribution in [0.1, 0.15) is 31.1 Å². The van der Waals surface area contributed by atoms with E-state index in [4.69, 9.17) is 9.47 Å². The lowest BCUT2D eigenvalue weighted by atomic mass is 10.2. The highest BCUT2D eigenvalue weighted by molar-refractivity contribution is 5.96. The van der Waals surface area contributed by atoms with Gasteiger partial charge in [-0.25, -0.2) is 4.79 Å². The molecule has 0 fully saturated rings. The Bertz CT molecular complexity index is 617. The Morgan fingerprint density at radius 3 is 2.65 bits per heavy atom. The Morgan fingerprint density at radius 1 is 1.30 bits per heavy atom. The number of hydrogen-bond donors (Lipinski definition) is 1. The Kier molecular flexibility index (Phi) is 7.53. The maximum absolute atomic E-state index is 11.9. The molecule has 1 aromatic rings. The van der Waals surface area contributed by atoms with Crippen molar-refractivity contribution in [2.75, 3.05) is 25.6 Å². The molecular weight excluding hydrogens is 296 g/mol. The van der Waals surface area contributed by atoms with Gasteiger partial charge in [0.25, 0.3) is 0 Å². The minimum Gasteiger partial charge on any atom is -0.495 e. The molecule has 0 unspecified atom stereocenters. The number of nitrogens with one attached hydrogen (secondary N) is 1. The molecular formula is C17H22N2O4. The van der Waals surface area contributed by atoms with Crippen molar-refractivity contribution in [2.24, 2.45) is 4.99 Å². The first-order valence-corrected chi connectivity index (χ1v) is 7.26. The van der Waals surface area contributed by atoms with Crippen molar-refractivity contribution in [3.8, 4) is 5.75 Å². The molecule has 1 rings (SSSR count). The van der Waals surface area contributed by atoms with E-state index in [0.717, 1.165) is 5.57 Å². The first-order chi connectivity index (χ1) is 11.0. The first kappa shape index (κ1) is 18.4. The van der Waals surface area contributed by atoms with E-state index in [9.17, 15) is 9.59 Å². The maximum Gasteiger partial charge on any atom is 0.338 e. The molecule has 1 aromatic carbocycles. The normalized spacial score (nSPS) is 10.3. The summed E-state index contributed by atoms with van der Waals surface area (Å²) in [6.45, 7) is 5.93. The predicted molar refractivity (Wildman–Crippen MR) is 90.4 cm³/mol. The zero-order valence-corrected chi connectivity index (χ0v) is 13.9. The second-order valence-electron chi connectivity index (χ2n) is 4.92. The number of allylic oxidation sites excluding steroid dienone is 2. The average molecular weight is 318 g/mol. The van der Waals surface area contributed by atoms with Crippen LogP contribution in [-0.4, -0.2) is 38.4 Å². The van der Waals surface area contributed by atoms with Crippen LogP contribution < -0.4 is 10.1 Å². The minimum atomic E-state index is -0.435. The van der Waals surface area contributed by atoms with Crippen molar-refractivity contribution in [1.29, 1.82) is 0 Å². The number of benzene rings is 1. The number of esters is 1. The smallest absolute Gasteiger partial charge is 0.338 e. The predicted octanol–water partition coefficient (Wildman–Crippen LogP) is 2.85. The number of methoxy groups -OCH3 is 1. The minimum absolute atomic E-state index is 0.00651. The topological polar surface area (TPSA) is 77.0 Å². The van der Waals surface area contributed by atoms with Gasteiger partial charge in [-0.05, 0) is 45.0 Å². The zero-order chi connectivity index (χ0) is 17.2. The van der Waals surface area contributed by atoms with Crippen LogP contribution in [0, 0.1) is 0 Å². The van der Waals surface area contributed by atoms with Crippen molar-refractivity contribution in [2.45, 2.75) is 20.8 Å². The number of carbonyl (C=O) groups is 2. The van der Waals surface area contributed by atoms with E-state index in [2.05, 4.69) is 10.3 Å².